The van der Waals surface area contributed by atoms with Crippen LogP contribution < -0.4 is 33.6 Å². The average Bonchev–Trinajstić information content (AvgIpc) is 2.81. The Hall–Kier alpha value is -4.25. The van der Waals surface area contributed by atoms with E-state index >= 15 is 0 Å². The highest BCUT2D eigenvalue weighted by atomic mass is 35.5. The Bertz CT molecular complexity index is 1640. The number of hydrogen-bond donors (Lipinski definition) is 6. The minimum Gasteiger partial charge on any atom is -0.351 e. The zero-order chi connectivity index (χ0) is 27.4. The molecule has 10 N–H and O–H groups in total. The fourth-order valence-electron chi connectivity index (χ4n) is 3.93. The van der Waals surface area contributed by atoms with Gasteiger partial charge in [-0.15, -0.1) is 0 Å². The van der Waals surface area contributed by atoms with E-state index in [-0.39, 0.29) is 0 Å². The summed E-state index contributed by atoms with van der Waals surface area (Å²) < 4.78 is 0. The molecule has 0 fully saturated rings. The molecule has 8 amide bonds. The number of urea groups is 4. The zero-order valence-corrected chi connectivity index (χ0v) is 21.0. The van der Waals surface area contributed by atoms with Crippen molar-refractivity contribution in [3.05, 3.63) is 69.7 Å². The quantitative estimate of drug-likeness (QED) is 0.0862. The predicted octanol–water partition coefficient (Wildman–Crippen LogP) is 5.16. The van der Waals surface area contributed by atoms with Gasteiger partial charge >= 0.3 is 24.1 Å². The van der Waals surface area contributed by atoms with Gasteiger partial charge in [0, 0.05) is 16.2 Å². The molecular formula is C24H19Cl3N6O4. The summed E-state index contributed by atoms with van der Waals surface area (Å²) in [5.41, 5.74) is 17.8. The summed E-state index contributed by atoms with van der Waals surface area (Å²) >= 11 is 19.5. The molecule has 0 unspecified atom stereocenters. The van der Waals surface area contributed by atoms with Crippen molar-refractivity contribution in [2.24, 2.45) is 22.9 Å². The molecule has 5 aromatic rings. The van der Waals surface area contributed by atoms with Gasteiger partial charge in [0.25, 0.3) is 0 Å². The second kappa shape index (κ2) is 11.2. The Kier molecular flexibility index (Phi) is 8.28. The summed E-state index contributed by atoms with van der Waals surface area (Å²) in [5, 5.41) is 13.5. The maximum Gasteiger partial charge on any atom is 0.320 e. The van der Waals surface area contributed by atoms with Crippen LogP contribution in [0.4, 0.5) is 19.2 Å². The van der Waals surface area contributed by atoms with E-state index in [1.165, 1.54) is 16.2 Å². The first-order valence-electron chi connectivity index (χ1n) is 10.3. The number of nitrogens with two attached hydrogens (primary N) is 4. The average molecular weight is 562 g/mol. The number of primary amides is 4. The Labute approximate surface area is 224 Å². The fourth-order valence-corrected chi connectivity index (χ4v) is 4.72. The predicted molar refractivity (Wildman–Crippen MR) is 147 cm³/mol. The molecule has 5 aromatic carbocycles. The highest BCUT2D eigenvalue weighted by molar-refractivity contribution is 6.55. The monoisotopic (exact) mass is 560 g/mol. The van der Waals surface area contributed by atoms with Gasteiger partial charge in [-0.25, -0.2) is 19.2 Å². The lowest BCUT2D eigenvalue weighted by molar-refractivity contribution is 0.235. The largest absolute Gasteiger partial charge is 0.351 e. The van der Waals surface area contributed by atoms with Gasteiger partial charge < -0.3 is 22.9 Å². The van der Waals surface area contributed by atoms with Crippen molar-refractivity contribution < 1.29 is 19.2 Å². The summed E-state index contributed by atoms with van der Waals surface area (Å²) in [6.45, 7) is 0. The van der Waals surface area contributed by atoms with Gasteiger partial charge in [-0.1, -0.05) is 89.4 Å². The Morgan fingerprint density at radius 2 is 0.892 bits per heavy atom. The number of imide groups is 2. The first kappa shape index (κ1) is 27.3. The molecule has 0 bridgehead atoms. The number of amides is 8. The third kappa shape index (κ3) is 5.78. The molecule has 0 spiro atoms. The van der Waals surface area contributed by atoms with Crippen LogP contribution in [0.2, 0.25) is 15.1 Å². The molecule has 0 aromatic heterocycles. The maximum atomic E-state index is 9.62. The summed E-state index contributed by atoms with van der Waals surface area (Å²) in [7, 11) is 0. The van der Waals surface area contributed by atoms with Gasteiger partial charge in [0.05, 0.1) is 15.1 Å². The van der Waals surface area contributed by atoms with Crippen LogP contribution in [0.3, 0.4) is 0 Å². The number of benzene rings is 5. The van der Waals surface area contributed by atoms with Crippen LogP contribution in [-0.2, 0) is 0 Å². The van der Waals surface area contributed by atoms with Crippen LogP contribution in [0.15, 0.2) is 54.6 Å². The van der Waals surface area contributed by atoms with Crippen LogP contribution in [-0.4, -0.2) is 24.1 Å². The van der Waals surface area contributed by atoms with Crippen molar-refractivity contribution in [2.45, 2.75) is 0 Å². The number of rotatable bonds is 0. The first-order chi connectivity index (χ1) is 17.4. The van der Waals surface area contributed by atoms with Gasteiger partial charge in [0.1, 0.15) is 0 Å². The molecule has 0 aliphatic heterocycles. The van der Waals surface area contributed by atoms with Crippen LogP contribution >= 0.6 is 34.8 Å². The second-order valence-corrected chi connectivity index (χ2v) is 8.60. The molecule has 5 rings (SSSR count). The lowest BCUT2D eigenvalue weighted by Gasteiger charge is -2.17. The summed E-state index contributed by atoms with van der Waals surface area (Å²) in [6.07, 6.45) is 0. The molecule has 0 radical (unpaired) electrons. The van der Waals surface area contributed by atoms with E-state index in [1.807, 2.05) is 12.1 Å². The minimum atomic E-state index is -0.938. The van der Waals surface area contributed by atoms with Crippen molar-refractivity contribution in [1.82, 2.24) is 10.6 Å². The smallest absolute Gasteiger partial charge is 0.320 e. The van der Waals surface area contributed by atoms with E-state index in [0.717, 1.165) is 26.9 Å². The Morgan fingerprint density at radius 3 is 1.35 bits per heavy atom. The SMILES string of the molecule is Clc1c(Cl)c2cccc3c4cccc5cccc(c(c1Cl)c23)c54.NC(=O)NC(N)=O.NC(=O)NC(N)=O. The highest BCUT2D eigenvalue weighted by Gasteiger charge is 2.19. The van der Waals surface area contributed by atoms with Crippen molar-refractivity contribution in [1.29, 1.82) is 0 Å². The molecule has 37 heavy (non-hydrogen) atoms. The highest BCUT2D eigenvalue weighted by Crippen LogP contribution is 2.48. The standard InChI is InChI=1S/C20H9Cl3.2C2H5N3O2/c21-18-14-9-3-7-12-11-6-1-4-10-5-2-8-13(15(10)11)17(16(12)14)19(22)20(18)23;2*3-1(6)5-2(4)7/h1-9H;2*(H5,3,4,5,6,7). The van der Waals surface area contributed by atoms with Gasteiger partial charge in [0.2, 0.25) is 0 Å². The number of nitrogens with one attached hydrogen (secondary N) is 2. The maximum absolute atomic E-state index is 9.62. The molecule has 0 atom stereocenters. The van der Waals surface area contributed by atoms with Crippen LogP contribution in [0.1, 0.15) is 0 Å². The third-order valence-corrected chi connectivity index (χ3v) is 6.45. The zero-order valence-electron chi connectivity index (χ0n) is 18.8. The summed E-state index contributed by atoms with van der Waals surface area (Å²) in [5.74, 6) is 0. The second-order valence-electron chi connectivity index (χ2n) is 7.46. The van der Waals surface area contributed by atoms with Gasteiger partial charge in [0.15, 0.2) is 0 Å². The normalized spacial score (nSPS) is 10.4. The van der Waals surface area contributed by atoms with E-state index in [1.54, 1.807) is 10.6 Å². The fraction of sp³-hybridized carbons (Fsp3) is 0. The lowest BCUT2D eigenvalue weighted by atomic mass is 9.90. The molecule has 10 nitrogen and oxygen atoms in total. The molecule has 0 heterocycles. The lowest BCUT2D eigenvalue weighted by Crippen LogP contribution is -2.38. The van der Waals surface area contributed by atoms with Crippen LogP contribution in [0.25, 0.3) is 43.1 Å². The number of halogens is 3. The van der Waals surface area contributed by atoms with Crippen molar-refractivity contribution in [3.8, 4) is 0 Å². The number of hydrogen-bond acceptors (Lipinski definition) is 4. The number of carbonyl (C=O) groups excluding carboxylic acids is 4. The van der Waals surface area contributed by atoms with Gasteiger partial charge in [-0.3, -0.25) is 10.6 Å². The molecule has 0 saturated carbocycles. The summed E-state index contributed by atoms with van der Waals surface area (Å²) in [4.78, 5) is 38.5. The van der Waals surface area contributed by atoms with E-state index in [9.17, 15) is 19.2 Å². The number of fused-ring (bicyclic) bond motifs is 2. The van der Waals surface area contributed by atoms with E-state index < -0.39 is 24.1 Å². The molecule has 190 valence electrons. The van der Waals surface area contributed by atoms with Crippen molar-refractivity contribution in [3.63, 3.8) is 0 Å². The summed E-state index contributed by atoms with van der Waals surface area (Å²) in [6, 6.07) is 15.0. The third-order valence-electron chi connectivity index (χ3n) is 5.11. The van der Waals surface area contributed by atoms with E-state index in [0.29, 0.717) is 15.1 Å². The molecule has 0 aliphatic carbocycles. The van der Waals surface area contributed by atoms with Crippen molar-refractivity contribution >= 4 is 102 Å². The van der Waals surface area contributed by atoms with Crippen LogP contribution in [0, 0.1) is 0 Å². The van der Waals surface area contributed by atoms with E-state index in [4.69, 9.17) is 34.8 Å². The molecular weight excluding hydrogens is 543 g/mol. The first-order valence-corrected chi connectivity index (χ1v) is 11.4. The topological polar surface area (TPSA) is 196 Å². The van der Waals surface area contributed by atoms with Gasteiger partial charge in [-0.05, 0) is 26.9 Å². The van der Waals surface area contributed by atoms with Crippen molar-refractivity contribution in [2.75, 3.05) is 0 Å². The number of carbonyl (C=O) groups is 4. The van der Waals surface area contributed by atoms with Gasteiger partial charge in [-0.2, -0.15) is 0 Å². The Morgan fingerprint density at radius 1 is 0.486 bits per heavy atom. The molecule has 0 aliphatic rings. The molecule has 0 saturated heterocycles. The minimum absolute atomic E-state index is 0.421. The van der Waals surface area contributed by atoms with Crippen LogP contribution in [0.5, 0.6) is 0 Å². The van der Waals surface area contributed by atoms with E-state index in [2.05, 4.69) is 65.4 Å². The Balaban J connectivity index is 0.000000227. The molecule has 13 heteroatoms.